The molecule has 3 fully saturated rings. The van der Waals surface area contributed by atoms with Crippen molar-refractivity contribution in [1.29, 1.82) is 0 Å². The largest absolute Gasteiger partial charge is 0.472 e. The summed E-state index contributed by atoms with van der Waals surface area (Å²) >= 11 is 0. The highest BCUT2D eigenvalue weighted by Gasteiger charge is 2.75. The zero-order chi connectivity index (χ0) is 28.7. The fourth-order valence-corrected chi connectivity index (χ4v) is 8.49. The topological polar surface area (TPSA) is 146 Å². The third-order valence-corrected chi connectivity index (χ3v) is 10.0. The SMILES string of the molecule is COC(=O)[C@H](OC(C)=O)[C@@H]1C(C)(C)C(=O)[C@H]2C[C@@]3(O)C4=CC(=O)O[C@H](c5ccoc5)[C@@]4(C)CC[C@H]3[C@]1(C)C2=O. The lowest BCUT2D eigenvalue weighted by molar-refractivity contribution is -0.221. The summed E-state index contributed by atoms with van der Waals surface area (Å²) in [5.41, 5.74) is -4.32. The molecule has 0 unspecified atom stereocenters. The van der Waals surface area contributed by atoms with Gasteiger partial charge in [-0.1, -0.05) is 27.7 Å². The second kappa shape index (κ2) is 8.61. The van der Waals surface area contributed by atoms with E-state index >= 15 is 0 Å². The molecule has 2 bridgehead atoms. The average molecular weight is 543 g/mol. The Morgan fingerprint density at radius 3 is 2.41 bits per heavy atom. The smallest absolute Gasteiger partial charge is 0.347 e. The van der Waals surface area contributed by atoms with Crippen LogP contribution < -0.4 is 0 Å². The van der Waals surface area contributed by atoms with Gasteiger partial charge in [-0.15, -0.1) is 0 Å². The van der Waals surface area contributed by atoms with Gasteiger partial charge in [-0.3, -0.25) is 14.4 Å². The van der Waals surface area contributed by atoms with Crippen molar-refractivity contribution in [3.63, 3.8) is 0 Å². The van der Waals surface area contributed by atoms with Gasteiger partial charge < -0.3 is 23.7 Å². The van der Waals surface area contributed by atoms with E-state index in [9.17, 15) is 29.1 Å². The highest BCUT2D eigenvalue weighted by molar-refractivity contribution is 6.11. The molecular weight excluding hydrogens is 508 g/mol. The summed E-state index contributed by atoms with van der Waals surface area (Å²) in [7, 11) is 1.14. The van der Waals surface area contributed by atoms with Gasteiger partial charge in [0.15, 0.2) is 0 Å². The zero-order valence-corrected chi connectivity index (χ0v) is 22.9. The highest BCUT2D eigenvalue weighted by Crippen LogP contribution is 2.69. The van der Waals surface area contributed by atoms with Crippen LogP contribution in [0.4, 0.5) is 0 Å². The number of ketones is 2. The Hall–Kier alpha value is -3.27. The van der Waals surface area contributed by atoms with E-state index in [1.165, 1.54) is 18.6 Å². The predicted octanol–water partition coefficient (Wildman–Crippen LogP) is 2.88. The zero-order valence-electron chi connectivity index (χ0n) is 22.9. The van der Waals surface area contributed by atoms with Crippen LogP contribution in [0.1, 0.15) is 65.5 Å². The molecule has 5 rings (SSSR count). The van der Waals surface area contributed by atoms with Gasteiger partial charge in [0.05, 0.1) is 31.2 Å². The first-order valence-corrected chi connectivity index (χ1v) is 13.2. The number of rotatable bonds is 4. The number of hydrogen-bond acceptors (Lipinski definition) is 10. The Morgan fingerprint density at radius 2 is 1.82 bits per heavy atom. The van der Waals surface area contributed by atoms with Gasteiger partial charge in [0.25, 0.3) is 0 Å². The lowest BCUT2D eigenvalue weighted by atomic mass is 9.37. The monoisotopic (exact) mass is 542 g/mol. The Kier molecular flexibility index (Phi) is 6.03. The molecule has 4 aliphatic rings. The first-order valence-electron chi connectivity index (χ1n) is 13.2. The first kappa shape index (κ1) is 27.3. The fourth-order valence-electron chi connectivity index (χ4n) is 8.49. The Morgan fingerprint density at radius 1 is 1.13 bits per heavy atom. The van der Waals surface area contributed by atoms with E-state index in [-0.39, 0.29) is 6.42 Å². The van der Waals surface area contributed by atoms with E-state index in [1.807, 2.05) is 6.92 Å². The van der Waals surface area contributed by atoms with Crippen LogP contribution in [0.25, 0.3) is 0 Å². The minimum atomic E-state index is -1.75. The molecule has 1 aromatic rings. The van der Waals surface area contributed by atoms with Crippen LogP contribution in [0.5, 0.6) is 0 Å². The average Bonchev–Trinajstić information content (AvgIpc) is 3.39. The summed E-state index contributed by atoms with van der Waals surface area (Å²) in [6.45, 7) is 7.96. The number of hydrogen-bond donors (Lipinski definition) is 1. The van der Waals surface area contributed by atoms with Gasteiger partial charge in [0.1, 0.15) is 17.7 Å². The van der Waals surface area contributed by atoms with E-state index in [4.69, 9.17) is 18.6 Å². The number of methoxy groups -OCH3 is 1. The molecule has 0 spiro atoms. The standard InChI is InChI=1S/C29H34O10/c1-14(30)38-20(25(34)36-6)21-26(2,3)22(32)16-12-29(35)17(28(21,5)23(16)33)7-9-27(4)18(29)11-19(31)39-24(27)15-8-10-37-13-15/h8,10-11,13,16-17,20-21,24,35H,7,9,12H2,1-6H3/t16-,17+,20-,21-,24-,27+,28+,29+/m1/s1. The van der Waals surface area contributed by atoms with Crippen LogP contribution in [-0.4, -0.2) is 53.4 Å². The summed E-state index contributed by atoms with van der Waals surface area (Å²) in [6, 6.07) is 1.70. The number of furan rings is 1. The lowest BCUT2D eigenvalue weighted by Gasteiger charge is -2.66. The number of fused-ring (bicyclic) bond motifs is 6. The van der Waals surface area contributed by atoms with Gasteiger partial charge >= 0.3 is 17.9 Å². The lowest BCUT2D eigenvalue weighted by Crippen LogP contribution is -2.74. The molecule has 1 aromatic heterocycles. The highest BCUT2D eigenvalue weighted by atomic mass is 16.6. The molecule has 0 amide bonds. The normalized spacial score (nSPS) is 39.5. The summed E-state index contributed by atoms with van der Waals surface area (Å²) in [5.74, 6) is -6.25. The van der Waals surface area contributed by atoms with Crippen LogP contribution in [0.2, 0.25) is 0 Å². The molecule has 39 heavy (non-hydrogen) atoms. The molecule has 3 aliphatic carbocycles. The van der Waals surface area contributed by atoms with Crippen LogP contribution in [0, 0.1) is 34.0 Å². The van der Waals surface area contributed by atoms with Crippen molar-refractivity contribution in [2.45, 2.75) is 71.7 Å². The Balaban J connectivity index is 1.71. The minimum absolute atomic E-state index is 0.190. The van der Waals surface area contributed by atoms with Crippen molar-refractivity contribution in [3.05, 3.63) is 35.8 Å². The quantitative estimate of drug-likeness (QED) is 0.342. The molecule has 0 aromatic carbocycles. The van der Waals surface area contributed by atoms with Crippen LogP contribution in [-0.2, 0) is 38.2 Å². The van der Waals surface area contributed by atoms with Gasteiger partial charge in [0.2, 0.25) is 6.10 Å². The number of carbonyl (C=O) groups excluding carboxylic acids is 5. The maximum atomic E-state index is 14.1. The van der Waals surface area contributed by atoms with Gasteiger partial charge in [0, 0.05) is 46.6 Å². The molecule has 1 aliphatic heterocycles. The number of esters is 3. The van der Waals surface area contributed by atoms with E-state index in [0.717, 1.165) is 14.0 Å². The van der Waals surface area contributed by atoms with Gasteiger partial charge in [-0.2, -0.15) is 0 Å². The van der Waals surface area contributed by atoms with Crippen LogP contribution >= 0.6 is 0 Å². The molecule has 10 nitrogen and oxygen atoms in total. The summed E-state index contributed by atoms with van der Waals surface area (Å²) in [6.07, 6.45) is 2.51. The second-order valence-corrected chi connectivity index (χ2v) is 12.4. The molecule has 8 atom stereocenters. The fraction of sp³-hybridized carbons (Fsp3) is 0.621. The maximum Gasteiger partial charge on any atom is 0.347 e. The van der Waals surface area contributed by atoms with E-state index in [0.29, 0.717) is 24.0 Å². The molecular formula is C29H34O10. The first-order chi connectivity index (χ1) is 18.1. The van der Waals surface area contributed by atoms with Crippen molar-refractivity contribution >= 4 is 29.5 Å². The number of aliphatic hydroxyl groups is 1. The Labute approximate surface area is 226 Å². The van der Waals surface area contributed by atoms with Crippen molar-refractivity contribution < 1.29 is 47.7 Å². The minimum Gasteiger partial charge on any atom is -0.472 e. The molecule has 1 N–H and O–H groups in total. The van der Waals surface area contributed by atoms with Gasteiger partial charge in [-0.25, -0.2) is 9.59 Å². The molecule has 0 radical (unpaired) electrons. The molecule has 2 heterocycles. The Bertz CT molecular complexity index is 1290. The molecule has 10 heteroatoms. The van der Waals surface area contributed by atoms with Crippen molar-refractivity contribution in [2.24, 2.45) is 34.0 Å². The van der Waals surface area contributed by atoms with E-state index in [1.54, 1.807) is 26.8 Å². The third kappa shape index (κ3) is 3.53. The van der Waals surface area contributed by atoms with Crippen molar-refractivity contribution in [3.8, 4) is 0 Å². The maximum absolute atomic E-state index is 14.1. The number of cyclic esters (lactones) is 1. The molecule has 3 saturated carbocycles. The number of Topliss-reactive ketones (excluding diaryl/α,β-unsaturated/α-hetero) is 2. The van der Waals surface area contributed by atoms with Crippen molar-refractivity contribution in [2.75, 3.05) is 7.11 Å². The van der Waals surface area contributed by atoms with E-state index in [2.05, 4.69) is 0 Å². The van der Waals surface area contributed by atoms with E-state index < -0.39 is 81.3 Å². The van der Waals surface area contributed by atoms with Crippen molar-refractivity contribution in [1.82, 2.24) is 0 Å². The molecule has 210 valence electrons. The summed E-state index contributed by atoms with van der Waals surface area (Å²) < 4.78 is 21.4. The van der Waals surface area contributed by atoms with Crippen LogP contribution in [0.15, 0.2) is 34.7 Å². The molecule has 0 saturated heterocycles. The van der Waals surface area contributed by atoms with Crippen LogP contribution in [0.3, 0.4) is 0 Å². The second-order valence-electron chi connectivity index (χ2n) is 12.4. The predicted molar refractivity (Wildman–Crippen MR) is 132 cm³/mol. The third-order valence-electron chi connectivity index (χ3n) is 10.0. The number of ether oxygens (including phenoxy) is 3. The van der Waals surface area contributed by atoms with Gasteiger partial charge in [-0.05, 0) is 30.9 Å². The summed E-state index contributed by atoms with van der Waals surface area (Å²) in [5, 5.41) is 12.6. The number of carbonyl (C=O) groups is 5. The summed E-state index contributed by atoms with van der Waals surface area (Å²) in [4.78, 5) is 66.1.